The van der Waals surface area contributed by atoms with Crippen LogP contribution < -0.4 is 30.4 Å². The summed E-state index contributed by atoms with van der Waals surface area (Å²) in [5.41, 5.74) is 4.78. The Morgan fingerprint density at radius 3 is 1.37 bits per heavy atom. The normalized spacial score (nSPS) is 17.9. The van der Waals surface area contributed by atoms with E-state index in [1.54, 1.807) is 9.36 Å². The van der Waals surface area contributed by atoms with Gasteiger partial charge in [0.1, 0.15) is 9.79 Å². The van der Waals surface area contributed by atoms with E-state index < -0.39 is 31.9 Å². The van der Waals surface area contributed by atoms with Crippen molar-refractivity contribution in [2.45, 2.75) is 154 Å². The summed E-state index contributed by atoms with van der Waals surface area (Å²) < 4.78 is 52.2. The highest BCUT2D eigenvalue weighted by molar-refractivity contribution is 7.92. The van der Waals surface area contributed by atoms with Crippen LogP contribution in [0.15, 0.2) is 30.9 Å². The Labute approximate surface area is 363 Å². The maximum absolute atomic E-state index is 13.1. The standard InChI is InChI=1S/2C20H31N7O3S/c2*1-12(2)16-17(18(13(3)4)27(24-16)11-14-6-7-14)23-20(28)25-31(21,29)15-10-22-26-8-5-9-30-19(15)26/h2*10,12-14H,5-9,11H2,1-4H3,(H3,21,23,25,28,29). The number of nitrogens with one attached hydrogen (secondary N) is 2. The van der Waals surface area contributed by atoms with E-state index in [0.717, 1.165) is 48.7 Å². The number of fused-ring (bicyclic) bond motifs is 2. The van der Waals surface area contributed by atoms with Crippen LogP contribution in [-0.4, -0.2) is 72.8 Å². The van der Waals surface area contributed by atoms with Gasteiger partial charge in [-0.2, -0.15) is 20.4 Å². The van der Waals surface area contributed by atoms with Crippen LogP contribution in [0.3, 0.4) is 0 Å². The first-order chi connectivity index (χ1) is 29.3. The van der Waals surface area contributed by atoms with Gasteiger partial charge in [-0.05, 0) is 61.2 Å². The molecule has 4 amide bonds. The van der Waals surface area contributed by atoms with Crippen LogP contribution in [0, 0.1) is 11.8 Å². The molecular weight excluding hydrogens is 837 g/mol. The number of rotatable bonds is 12. The number of ether oxygens (including phenoxy) is 2. The lowest BCUT2D eigenvalue weighted by molar-refractivity contribution is 0.224. The quantitative estimate of drug-likeness (QED) is 0.114. The summed E-state index contributed by atoms with van der Waals surface area (Å²) in [6.45, 7) is 20.3. The Kier molecular flexibility index (Phi) is 13.2. The van der Waals surface area contributed by atoms with E-state index in [2.05, 4.69) is 57.3 Å². The van der Waals surface area contributed by atoms with Crippen molar-refractivity contribution in [1.82, 2.24) is 39.1 Å². The van der Waals surface area contributed by atoms with Crippen LogP contribution in [0.2, 0.25) is 0 Å². The van der Waals surface area contributed by atoms with E-state index in [0.29, 0.717) is 61.3 Å². The Morgan fingerprint density at radius 1 is 0.677 bits per heavy atom. The highest BCUT2D eigenvalue weighted by atomic mass is 32.2. The number of hydrogen-bond donors (Lipinski definition) is 4. The van der Waals surface area contributed by atoms with E-state index >= 15 is 0 Å². The maximum atomic E-state index is 13.1. The average molecular weight is 899 g/mol. The van der Waals surface area contributed by atoms with Gasteiger partial charge in [-0.3, -0.25) is 9.36 Å². The summed E-state index contributed by atoms with van der Waals surface area (Å²) in [5.74, 6) is 2.42. The van der Waals surface area contributed by atoms with Crippen molar-refractivity contribution in [1.29, 1.82) is 0 Å². The molecule has 6 N–H and O–H groups in total. The SMILES string of the molecule is CC(C)c1nn(CC2CC2)c(C(C)C)c1NC(=O)N=S(N)(=O)c1cnn2c1OCCC2.CC(C)c1nn(CC2CC2)c(C(C)C)c1NC(=O)N=S(N)(=O)c1cnn2c1OCCC2. The van der Waals surface area contributed by atoms with Crippen LogP contribution >= 0.6 is 0 Å². The number of aromatic nitrogens is 8. The van der Waals surface area contributed by atoms with Crippen molar-refractivity contribution in [2.75, 3.05) is 23.8 Å². The zero-order chi connectivity index (χ0) is 44.7. The van der Waals surface area contributed by atoms with E-state index in [-0.39, 0.29) is 33.5 Å². The Hall–Kier alpha value is -4.80. The van der Waals surface area contributed by atoms with Crippen molar-refractivity contribution in [3.05, 3.63) is 35.2 Å². The van der Waals surface area contributed by atoms with Gasteiger partial charge in [0.2, 0.25) is 11.8 Å². The van der Waals surface area contributed by atoms with Crippen LogP contribution in [0.1, 0.15) is 140 Å². The molecule has 2 aliphatic heterocycles. The number of nitrogens with zero attached hydrogens (tertiary/aromatic N) is 10. The van der Waals surface area contributed by atoms with Gasteiger partial charge >= 0.3 is 12.1 Å². The van der Waals surface area contributed by atoms with Gasteiger partial charge in [-0.15, -0.1) is 8.73 Å². The zero-order valence-electron chi connectivity index (χ0n) is 37.0. The fraction of sp³-hybridized carbons (Fsp3) is 0.650. The van der Waals surface area contributed by atoms with E-state index in [4.69, 9.17) is 29.9 Å². The van der Waals surface area contributed by atoms with Crippen molar-refractivity contribution in [2.24, 2.45) is 30.8 Å². The first-order valence-corrected chi connectivity index (χ1v) is 24.8. The third-order valence-corrected chi connectivity index (χ3v) is 13.7. The molecule has 2 unspecified atom stereocenters. The minimum absolute atomic E-state index is 0.103. The van der Waals surface area contributed by atoms with Crippen molar-refractivity contribution in [3.8, 4) is 11.8 Å². The molecule has 4 aromatic heterocycles. The van der Waals surface area contributed by atoms with Gasteiger partial charge in [0.25, 0.3) is 0 Å². The van der Waals surface area contributed by atoms with Gasteiger partial charge in [0, 0.05) is 39.0 Å². The lowest BCUT2D eigenvalue weighted by Gasteiger charge is -2.16. The fourth-order valence-electron chi connectivity index (χ4n) is 7.69. The molecule has 2 aliphatic carbocycles. The maximum Gasteiger partial charge on any atom is 0.354 e. The average Bonchev–Trinajstić information content (AvgIpc) is 3.99. The van der Waals surface area contributed by atoms with Crippen LogP contribution in [0.25, 0.3) is 0 Å². The number of urea groups is 2. The second-order valence-corrected chi connectivity index (χ2v) is 21.3. The first-order valence-electron chi connectivity index (χ1n) is 21.6. The number of hydrogen-bond acceptors (Lipinski definition) is 10. The summed E-state index contributed by atoms with van der Waals surface area (Å²) in [4.78, 5) is 26.0. The topological polar surface area (TPSA) is 259 Å². The molecule has 0 aromatic carbocycles. The molecule has 4 aromatic rings. The molecule has 2 saturated carbocycles. The van der Waals surface area contributed by atoms with E-state index in [9.17, 15) is 18.0 Å². The number of anilines is 2. The summed E-state index contributed by atoms with van der Waals surface area (Å²) in [5, 5.41) is 35.5. The van der Waals surface area contributed by atoms with Gasteiger partial charge in [0.05, 0.1) is 59.8 Å². The smallest absolute Gasteiger partial charge is 0.354 e. The van der Waals surface area contributed by atoms with Crippen LogP contribution in [0.4, 0.5) is 21.0 Å². The molecule has 8 rings (SSSR count). The van der Waals surface area contributed by atoms with Gasteiger partial charge in [-0.25, -0.2) is 37.6 Å². The molecule has 20 nitrogen and oxygen atoms in total. The number of carbonyl (C=O) groups excluding carboxylic acids is 2. The molecule has 0 saturated heterocycles. The number of aryl methyl sites for hydroxylation is 2. The lowest BCUT2D eigenvalue weighted by atomic mass is 10.0. The molecule has 0 radical (unpaired) electrons. The van der Waals surface area contributed by atoms with Crippen molar-refractivity contribution >= 4 is 43.3 Å². The monoisotopic (exact) mass is 898 g/mol. The molecule has 0 spiro atoms. The second kappa shape index (κ2) is 18.1. The summed E-state index contributed by atoms with van der Waals surface area (Å²) in [7, 11) is -7.04. The van der Waals surface area contributed by atoms with Crippen molar-refractivity contribution in [3.63, 3.8) is 0 Å². The Bertz CT molecular complexity index is 2380. The zero-order valence-corrected chi connectivity index (χ0v) is 38.6. The predicted molar refractivity (Wildman–Crippen MR) is 235 cm³/mol. The molecule has 0 bridgehead atoms. The summed E-state index contributed by atoms with van der Waals surface area (Å²) in [6.07, 6.45) is 9.17. The van der Waals surface area contributed by atoms with Crippen LogP contribution in [-0.2, 0) is 46.0 Å². The minimum Gasteiger partial charge on any atom is -0.477 e. The number of amides is 4. The third-order valence-electron chi connectivity index (χ3n) is 11.0. The molecule has 4 aliphatic rings. The van der Waals surface area contributed by atoms with Gasteiger partial charge in [0.15, 0.2) is 19.8 Å². The minimum atomic E-state index is -3.52. The summed E-state index contributed by atoms with van der Waals surface area (Å²) in [6, 6.07) is -1.53. The second-order valence-electron chi connectivity index (χ2n) is 17.8. The van der Waals surface area contributed by atoms with Crippen molar-refractivity contribution < 1.29 is 27.5 Å². The molecule has 2 atom stereocenters. The highest BCUT2D eigenvalue weighted by Crippen LogP contribution is 2.39. The predicted octanol–water partition coefficient (Wildman–Crippen LogP) is 6.90. The molecule has 2 fully saturated rings. The lowest BCUT2D eigenvalue weighted by Crippen LogP contribution is -2.21. The molecular formula is C40H62N14O6S2. The highest BCUT2D eigenvalue weighted by Gasteiger charge is 2.32. The number of nitrogens with two attached hydrogens (primary N) is 2. The van der Waals surface area contributed by atoms with Gasteiger partial charge < -0.3 is 20.1 Å². The van der Waals surface area contributed by atoms with E-state index in [1.807, 2.05) is 37.1 Å². The van der Waals surface area contributed by atoms with Gasteiger partial charge in [-0.1, -0.05) is 55.4 Å². The van der Waals surface area contributed by atoms with E-state index in [1.165, 1.54) is 38.1 Å². The largest absolute Gasteiger partial charge is 0.477 e. The molecule has 22 heteroatoms. The van der Waals surface area contributed by atoms with Crippen LogP contribution in [0.5, 0.6) is 11.8 Å². The third kappa shape index (κ3) is 10.0. The Morgan fingerprint density at radius 2 is 1.05 bits per heavy atom. The Balaban J connectivity index is 0.000000186. The molecule has 340 valence electrons. The molecule has 62 heavy (non-hydrogen) atoms. The molecule has 6 heterocycles. The fourth-order valence-corrected chi connectivity index (χ4v) is 9.70. The summed E-state index contributed by atoms with van der Waals surface area (Å²) >= 11 is 0. The first kappa shape index (κ1) is 45.2. The number of carbonyl (C=O) groups is 2.